The van der Waals surface area contributed by atoms with Crippen LogP contribution in [0.15, 0.2) is 24.3 Å². The third-order valence-corrected chi connectivity index (χ3v) is 5.06. The molecule has 0 fully saturated rings. The van der Waals surface area contributed by atoms with Crippen molar-refractivity contribution in [2.24, 2.45) is 0 Å². The van der Waals surface area contributed by atoms with Crippen LogP contribution in [0.25, 0.3) is 0 Å². The summed E-state index contributed by atoms with van der Waals surface area (Å²) >= 11 is 5.81. The minimum Gasteiger partial charge on any atom is -0.462 e. The van der Waals surface area contributed by atoms with Gasteiger partial charge in [-0.2, -0.15) is 0 Å². The highest BCUT2D eigenvalue weighted by Crippen LogP contribution is 2.13. The maximum atomic E-state index is 11.8. The third kappa shape index (κ3) is 12.4. The fourth-order valence-electron chi connectivity index (χ4n) is 3.13. The number of ether oxygens (including phenoxy) is 1. The van der Waals surface area contributed by atoms with E-state index in [1.165, 1.54) is 77.0 Å². The van der Waals surface area contributed by atoms with Gasteiger partial charge < -0.3 is 4.74 Å². The lowest BCUT2D eigenvalue weighted by Gasteiger charge is -2.05. The average molecular weight is 381 g/mol. The Balaban J connectivity index is 1.82. The van der Waals surface area contributed by atoms with Gasteiger partial charge in [0.25, 0.3) is 0 Å². The molecular weight excluding hydrogens is 344 g/mol. The van der Waals surface area contributed by atoms with Crippen LogP contribution in [0.4, 0.5) is 0 Å². The zero-order chi connectivity index (χ0) is 18.9. The van der Waals surface area contributed by atoms with Crippen molar-refractivity contribution in [2.45, 2.75) is 96.8 Å². The fourth-order valence-corrected chi connectivity index (χ4v) is 3.26. The lowest BCUT2D eigenvalue weighted by atomic mass is 10.0. The molecule has 0 aliphatic rings. The van der Waals surface area contributed by atoms with Gasteiger partial charge in [0.1, 0.15) is 0 Å². The van der Waals surface area contributed by atoms with E-state index in [9.17, 15) is 4.79 Å². The number of carbonyl (C=O) groups excluding carboxylic acids is 1. The first-order valence-corrected chi connectivity index (χ1v) is 11.0. The van der Waals surface area contributed by atoms with Crippen LogP contribution in [0.2, 0.25) is 5.02 Å². The van der Waals surface area contributed by atoms with E-state index >= 15 is 0 Å². The Kier molecular flexibility index (Phi) is 14.3. The van der Waals surface area contributed by atoms with Gasteiger partial charge in [-0.3, -0.25) is 0 Å². The van der Waals surface area contributed by atoms with E-state index in [4.69, 9.17) is 16.3 Å². The van der Waals surface area contributed by atoms with E-state index in [-0.39, 0.29) is 5.97 Å². The van der Waals surface area contributed by atoms with Gasteiger partial charge in [0.2, 0.25) is 0 Å². The van der Waals surface area contributed by atoms with Crippen LogP contribution in [-0.2, 0) is 4.74 Å². The molecule has 2 nitrogen and oxygen atoms in total. The summed E-state index contributed by atoms with van der Waals surface area (Å²) in [6.45, 7) is 2.79. The van der Waals surface area contributed by atoms with Gasteiger partial charge in [0.05, 0.1) is 12.2 Å². The molecule has 0 unspecified atom stereocenters. The summed E-state index contributed by atoms with van der Waals surface area (Å²) in [5.41, 5.74) is 0.569. The smallest absolute Gasteiger partial charge is 0.338 e. The van der Waals surface area contributed by atoms with Crippen LogP contribution in [0.1, 0.15) is 107 Å². The Morgan fingerprint density at radius 1 is 0.731 bits per heavy atom. The van der Waals surface area contributed by atoms with Crippen LogP contribution < -0.4 is 0 Å². The predicted molar refractivity (Wildman–Crippen MR) is 112 cm³/mol. The first-order chi connectivity index (χ1) is 12.7. The van der Waals surface area contributed by atoms with Crippen molar-refractivity contribution in [1.29, 1.82) is 0 Å². The fraction of sp³-hybridized carbons (Fsp3) is 0.696. The molecule has 0 aliphatic carbocycles. The van der Waals surface area contributed by atoms with Gasteiger partial charge in [-0.1, -0.05) is 102 Å². The number of rotatable bonds is 16. The summed E-state index contributed by atoms with van der Waals surface area (Å²) in [5, 5.41) is 0.633. The number of hydrogen-bond acceptors (Lipinski definition) is 2. The molecule has 0 saturated carbocycles. The highest BCUT2D eigenvalue weighted by atomic mass is 35.5. The second kappa shape index (κ2) is 16.2. The minimum absolute atomic E-state index is 0.253. The molecule has 0 aromatic heterocycles. The number of hydrogen-bond donors (Lipinski definition) is 0. The molecule has 0 atom stereocenters. The van der Waals surface area contributed by atoms with Gasteiger partial charge in [-0.05, 0) is 30.7 Å². The first kappa shape index (κ1) is 23.0. The van der Waals surface area contributed by atoms with Crippen LogP contribution in [0.3, 0.4) is 0 Å². The molecular formula is C23H37ClO2. The van der Waals surface area contributed by atoms with Crippen molar-refractivity contribution in [3.8, 4) is 0 Å². The molecule has 0 heterocycles. The summed E-state index contributed by atoms with van der Waals surface area (Å²) in [6, 6.07) is 6.83. The molecule has 1 aromatic rings. The SMILES string of the molecule is CCCCCCCCCCCCCCCCOC(=O)c1ccc(Cl)cc1. The van der Waals surface area contributed by atoms with E-state index in [2.05, 4.69) is 6.92 Å². The normalized spacial score (nSPS) is 10.8. The Hall–Kier alpha value is -1.02. The van der Waals surface area contributed by atoms with E-state index in [1.54, 1.807) is 24.3 Å². The van der Waals surface area contributed by atoms with Crippen LogP contribution in [0, 0.1) is 0 Å². The average Bonchev–Trinajstić information content (AvgIpc) is 2.65. The Morgan fingerprint density at radius 2 is 1.15 bits per heavy atom. The zero-order valence-corrected chi connectivity index (χ0v) is 17.4. The minimum atomic E-state index is -0.253. The van der Waals surface area contributed by atoms with E-state index in [1.807, 2.05) is 0 Å². The lowest BCUT2D eigenvalue weighted by molar-refractivity contribution is 0.0497. The highest BCUT2D eigenvalue weighted by molar-refractivity contribution is 6.30. The molecule has 0 radical (unpaired) electrons. The predicted octanol–water partition coefficient (Wildman–Crippen LogP) is 7.98. The van der Waals surface area contributed by atoms with E-state index < -0.39 is 0 Å². The van der Waals surface area contributed by atoms with Gasteiger partial charge in [0.15, 0.2) is 0 Å². The maximum Gasteiger partial charge on any atom is 0.338 e. The quantitative estimate of drug-likeness (QED) is 0.214. The summed E-state index contributed by atoms with van der Waals surface area (Å²) in [6.07, 6.45) is 18.6. The molecule has 0 bridgehead atoms. The standard InChI is InChI=1S/C23H37ClO2/c1-2-3-4-5-6-7-8-9-10-11-12-13-14-15-20-26-23(25)21-16-18-22(24)19-17-21/h16-19H,2-15,20H2,1H3. The summed E-state index contributed by atoms with van der Waals surface area (Å²) < 4.78 is 5.29. The lowest BCUT2D eigenvalue weighted by Crippen LogP contribution is -2.06. The Labute approximate surface area is 165 Å². The number of halogens is 1. The van der Waals surface area contributed by atoms with Crippen molar-refractivity contribution < 1.29 is 9.53 Å². The maximum absolute atomic E-state index is 11.8. The largest absolute Gasteiger partial charge is 0.462 e. The molecule has 0 saturated heterocycles. The number of esters is 1. The second-order valence-electron chi connectivity index (χ2n) is 7.24. The molecule has 0 spiro atoms. The Morgan fingerprint density at radius 3 is 1.62 bits per heavy atom. The van der Waals surface area contributed by atoms with Gasteiger partial charge in [-0.25, -0.2) is 4.79 Å². The third-order valence-electron chi connectivity index (χ3n) is 4.81. The van der Waals surface area contributed by atoms with Gasteiger partial charge in [0, 0.05) is 5.02 Å². The summed E-state index contributed by atoms with van der Waals surface area (Å²) in [4.78, 5) is 11.8. The molecule has 0 N–H and O–H groups in total. The molecule has 1 rings (SSSR count). The van der Waals surface area contributed by atoms with Gasteiger partial charge in [-0.15, -0.1) is 0 Å². The zero-order valence-electron chi connectivity index (χ0n) is 16.6. The number of benzene rings is 1. The highest BCUT2D eigenvalue weighted by Gasteiger charge is 2.06. The molecule has 1 aromatic carbocycles. The molecule has 148 valence electrons. The number of unbranched alkanes of at least 4 members (excludes halogenated alkanes) is 13. The van der Waals surface area contributed by atoms with Crippen LogP contribution in [-0.4, -0.2) is 12.6 Å². The van der Waals surface area contributed by atoms with Crippen molar-refractivity contribution in [2.75, 3.05) is 6.61 Å². The van der Waals surface area contributed by atoms with Crippen LogP contribution >= 0.6 is 11.6 Å². The molecule has 26 heavy (non-hydrogen) atoms. The Bertz CT molecular complexity index is 456. The van der Waals surface area contributed by atoms with Crippen LogP contribution in [0.5, 0.6) is 0 Å². The van der Waals surface area contributed by atoms with Crippen molar-refractivity contribution in [3.63, 3.8) is 0 Å². The first-order valence-electron chi connectivity index (χ1n) is 10.7. The van der Waals surface area contributed by atoms with Crippen molar-refractivity contribution in [1.82, 2.24) is 0 Å². The van der Waals surface area contributed by atoms with Gasteiger partial charge >= 0.3 is 5.97 Å². The summed E-state index contributed by atoms with van der Waals surface area (Å²) in [7, 11) is 0. The number of carbonyl (C=O) groups is 1. The molecule has 3 heteroatoms. The van der Waals surface area contributed by atoms with Crippen molar-refractivity contribution >= 4 is 17.6 Å². The second-order valence-corrected chi connectivity index (χ2v) is 7.68. The van der Waals surface area contributed by atoms with E-state index in [0.717, 1.165) is 12.8 Å². The monoisotopic (exact) mass is 380 g/mol. The molecule has 0 amide bonds. The summed E-state index contributed by atoms with van der Waals surface area (Å²) in [5.74, 6) is -0.253. The van der Waals surface area contributed by atoms with Crippen molar-refractivity contribution in [3.05, 3.63) is 34.9 Å². The topological polar surface area (TPSA) is 26.3 Å². The molecule has 0 aliphatic heterocycles. The van der Waals surface area contributed by atoms with E-state index in [0.29, 0.717) is 17.2 Å².